The van der Waals surface area contributed by atoms with Crippen molar-refractivity contribution in [1.29, 1.82) is 0 Å². The van der Waals surface area contributed by atoms with E-state index in [1.54, 1.807) is 80.5 Å². The Morgan fingerprint density at radius 3 is 1.38 bits per heavy atom. The van der Waals surface area contributed by atoms with Crippen molar-refractivity contribution in [2.75, 3.05) is 9.80 Å². The van der Waals surface area contributed by atoms with Crippen LogP contribution in [0.3, 0.4) is 0 Å². The van der Waals surface area contributed by atoms with Gasteiger partial charge in [0.15, 0.2) is 11.2 Å². The molecule has 0 fully saturated rings. The van der Waals surface area contributed by atoms with E-state index in [0.717, 1.165) is 9.47 Å². The average molecular weight is 1200 g/mol. The highest BCUT2D eigenvalue weighted by molar-refractivity contribution is 7.00. The minimum Gasteiger partial charge on any atom is -0.454 e. The van der Waals surface area contributed by atoms with E-state index < -0.39 is 334 Å². The summed E-state index contributed by atoms with van der Waals surface area (Å²) < 4.78 is 351. The molecule has 6 heteroatoms. The lowest BCUT2D eigenvalue weighted by Gasteiger charge is -2.46. The third-order valence-electron chi connectivity index (χ3n) is 16.8. The maximum Gasteiger partial charge on any atom is 0.252 e. The first kappa shape index (κ1) is 29.3. The number of anilines is 6. The Labute approximate surface area is 573 Å². The fourth-order valence-corrected chi connectivity index (χ4v) is 12.8. The molecule has 2 aliphatic heterocycles. The summed E-state index contributed by atoms with van der Waals surface area (Å²) in [4.78, 5) is 2.36. The molecule has 0 N–H and O–H groups in total. The van der Waals surface area contributed by atoms with Gasteiger partial charge in [-0.05, 0) is 138 Å². The van der Waals surface area contributed by atoms with Crippen LogP contribution in [0, 0.1) is 0 Å². The van der Waals surface area contributed by atoms with Crippen molar-refractivity contribution in [2.24, 2.45) is 0 Å². The van der Waals surface area contributed by atoms with E-state index in [1.807, 2.05) is 0 Å². The van der Waals surface area contributed by atoms with Gasteiger partial charge in [0, 0.05) is 71.9 Å². The molecule has 5 nitrogen and oxygen atoms in total. The standard InChI is InChI=1S/C84H68BN3O2/c1-82(2,3)55-46-71-77-72(47-55)88(79-62(53-31-17-12-18-32-53)50-64(84(7,8)9)76-60-36-22-26-40-74(60)90-81(76)79)70-48-56(86-67-37-23-19-33-57(67)58-34-20-24-38-68(58)86)42-43-65(70)85(77)66-45-54(51-27-13-10-14-28-51)41-44-69(66)87(71)78-61(52-29-15-11-16-30-52)49-63(83(4,5)6)75-59-35-21-25-39-73(59)89-80(75)78/h10-50H,1-9H3/i11D,12D,15D,16D,17D,18D,19D,20D,21D,22D,23D,24D,25D,26D,29D,30D,31D,32D,33D,34D,35D,36D,37D,38D,39D,40D,41D,42D,43D,44D,45D,48D,49D,50D. The minimum atomic E-state index is -2.04. The summed E-state index contributed by atoms with van der Waals surface area (Å²) in [6.07, 6.45) is 0. The lowest BCUT2D eigenvalue weighted by atomic mass is 9.33. The van der Waals surface area contributed by atoms with Gasteiger partial charge in [-0.25, -0.2) is 0 Å². The monoisotopic (exact) mass is 1200 g/mol. The maximum atomic E-state index is 11.6. The van der Waals surface area contributed by atoms with Gasteiger partial charge >= 0.3 is 0 Å². The Morgan fingerprint density at radius 2 is 0.867 bits per heavy atom. The van der Waals surface area contributed by atoms with Crippen LogP contribution in [0.2, 0.25) is 0 Å². The topological polar surface area (TPSA) is 37.7 Å². The molecule has 2 aliphatic rings. The lowest BCUT2D eigenvalue weighted by Crippen LogP contribution is -2.61. The first-order valence-corrected chi connectivity index (χ1v) is 29.0. The van der Waals surface area contributed by atoms with Crippen molar-refractivity contribution in [3.63, 3.8) is 0 Å². The maximum absolute atomic E-state index is 11.6. The van der Waals surface area contributed by atoms with Crippen molar-refractivity contribution in [3.8, 4) is 39.1 Å². The van der Waals surface area contributed by atoms with Gasteiger partial charge in [0.1, 0.15) is 11.2 Å². The van der Waals surface area contributed by atoms with Crippen LogP contribution in [0.15, 0.2) is 257 Å². The number of aromatic nitrogens is 1. The number of nitrogens with zero attached hydrogens (tertiary/aromatic N) is 3. The molecular formula is C84H68BN3O2. The van der Waals surface area contributed by atoms with Gasteiger partial charge < -0.3 is 23.2 Å². The summed E-state index contributed by atoms with van der Waals surface area (Å²) in [5.41, 5.74) is -16.4. The number of para-hydroxylation sites is 4. The summed E-state index contributed by atoms with van der Waals surface area (Å²) >= 11 is 0. The second kappa shape index (κ2) is 19.6. The van der Waals surface area contributed by atoms with E-state index in [1.165, 1.54) is 29.2 Å². The molecule has 0 radical (unpaired) electrons. The highest BCUT2D eigenvalue weighted by Gasteiger charge is 2.47. The normalized spacial score (nSPS) is 18.6. The van der Waals surface area contributed by atoms with Crippen molar-refractivity contribution < 1.29 is 55.4 Å². The van der Waals surface area contributed by atoms with Crippen molar-refractivity contribution in [2.45, 2.75) is 78.6 Å². The molecule has 0 atom stereocenters. The summed E-state index contributed by atoms with van der Waals surface area (Å²) in [7, 11) is 0. The molecular weight excluding hydrogens is 1090 g/mol. The Morgan fingerprint density at radius 1 is 0.389 bits per heavy atom. The minimum absolute atomic E-state index is 0.0953. The SMILES string of the molecule is [2H]c1c([2H])c([2H])c(-c2c([2H])c(C(C)(C)C)c3c(oc4c([2H])c([2H])c([2H])c([2H])c43)c2N2c3cc(C(C)(C)C)cc4c3B(c3c([2H])c(-c5ccccc5)c([2H])c([2H])c32)c2c([2H])c([2H])c(-n3c5c([2H])c([2H])c([2H])c([2H])c5c5c([2H])c([2H])c([2H])c([2H])c53)c([2H])c2N4c2c(-c3c([2H])c([2H])c([2H])c([2H])c3[2H])c([2H])c(C(C)(C)C)c3c2oc2c([2H])c([2H])c([2H])c([2H])c23)c([2H])c1[2H]. The third-order valence-corrected chi connectivity index (χ3v) is 16.8. The zero-order valence-electron chi connectivity index (χ0n) is 83.8. The predicted octanol–water partition coefficient (Wildman–Crippen LogP) is 21.6. The third kappa shape index (κ3) is 8.09. The number of hydrogen-bond donors (Lipinski definition) is 0. The van der Waals surface area contributed by atoms with Crippen LogP contribution < -0.4 is 26.2 Å². The molecule has 0 spiro atoms. The van der Waals surface area contributed by atoms with Gasteiger partial charge in [-0.1, -0.05) is 244 Å². The van der Waals surface area contributed by atoms with E-state index in [2.05, 4.69) is 0 Å². The lowest BCUT2D eigenvalue weighted by molar-refractivity contribution is 0.590. The smallest absolute Gasteiger partial charge is 0.252 e. The molecule has 90 heavy (non-hydrogen) atoms. The zero-order valence-corrected chi connectivity index (χ0v) is 49.8. The van der Waals surface area contributed by atoms with Crippen molar-refractivity contribution in [1.82, 2.24) is 4.57 Å². The van der Waals surface area contributed by atoms with Crippen LogP contribution >= 0.6 is 0 Å². The Bertz CT molecular complexity index is 7430. The second-order valence-electron chi connectivity index (χ2n) is 25.4. The molecule has 5 heterocycles. The molecule has 0 bridgehead atoms. The summed E-state index contributed by atoms with van der Waals surface area (Å²) in [5.74, 6) is 0. The van der Waals surface area contributed by atoms with E-state index in [9.17, 15) is 39.8 Å². The largest absolute Gasteiger partial charge is 0.454 e. The molecule has 0 saturated heterocycles. The molecule has 17 rings (SSSR count). The van der Waals surface area contributed by atoms with E-state index in [-0.39, 0.29) is 66.2 Å². The highest BCUT2D eigenvalue weighted by Crippen LogP contribution is 2.57. The molecule has 0 aliphatic carbocycles. The first-order chi connectivity index (χ1) is 57.7. The second-order valence-corrected chi connectivity index (χ2v) is 25.4. The van der Waals surface area contributed by atoms with Crippen LogP contribution in [0.5, 0.6) is 0 Å². The van der Waals surface area contributed by atoms with Gasteiger partial charge in [0.2, 0.25) is 0 Å². The van der Waals surface area contributed by atoms with E-state index in [4.69, 9.17) is 15.7 Å². The fourth-order valence-electron chi connectivity index (χ4n) is 12.8. The highest BCUT2D eigenvalue weighted by atomic mass is 16.3. The Kier molecular flexibility index (Phi) is 6.39. The number of fused-ring (bicyclic) bond motifs is 13. The number of hydrogen-bond acceptors (Lipinski definition) is 4. The number of rotatable bonds is 6. The summed E-state index contributed by atoms with van der Waals surface area (Å²) in [6, 6.07) is -19.1. The van der Waals surface area contributed by atoms with Crippen LogP contribution in [-0.2, 0) is 16.2 Å². The average Bonchev–Trinajstić information content (AvgIpc) is 1.01. The van der Waals surface area contributed by atoms with Gasteiger partial charge in [-0.15, -0.1) is 0 Å². The molecule has 434 valence electrons. The van der Waals surface area contributed by atoms with E-state index >= 15 is 0 Å². The number of benzene rings is 12. The van der Waals surface area contributed by atoms with Crippen molar-refractivity contribution in [3.05, 3.63) is 265 Å². The Hall–Kier alpha value is -10.3. The van der Waals surface area contributed by atoms with Gasteiger partial charge in [-0.2, -0.15) is 0 Å². The van der Waals surface area contributed by atoms with Crippen LogP contribution in [0.25, 0.3) is 105 Å². The predicted molar refractivity (Wildman–Crippen MR) is 382 cm³/mol. The fraction of sp³-hybridized carbons (Fsp3) is 0.143. The van der Waals surface area contributed by atoms with Crippen LogP contribution in [-0.4, -0.2) is 11.3 Å². The van der Waals surface area contributed by atoms with E-state index in [0.29, 0.717) is 0 Å². The first-order valence-electron chi connectivity index (χ1n) is 46.0. The quantitative estimate of drug-likeness (QED) is 0.156. The summed E-state index contributed by atoms with van der Waals surface area (Å²) in [6.45, 7) is 12.9. The van der Waals surface area contributed by atoms with Gasteiger partial charge in [-0.3, -0.25) is 0 Å². The molecule has 15 aromatic rings. The number of furan rings is 2. The van der Waals surface area contributed by atoms with Gasteiger partial charge in [0.25, 0.3) is 6.71 Å². The van der Waals surface area contributed by atoms with Crippen LogP contribution in [0.1, 0.15) is 126 Å². The van der Waals surface area contributed by atoms with Gasteiger partial charge in [0.05, 0.1) is 69.0 Å². The zero-order chi connectivity index (χ0) is 90.7. The molecule has 0 amide bonds. The molecule has 12 aromatic carbocycles. The van der Waals surface area contributed by atoms with Crippen molar-refractivity contribution >= 4 is 123 Å². The molecule has 0 unspecified atom stereocenters. The molecule has 0 saturated carbocycles. The molecule has 3 aromatic heterocycles. The summed E-state index contributed by atoms with van der Waals surface area (Å²) in [5, 5.41) is -2.36. The Balaban J connectivity index is 1.23. The van der Waals surface area contributed by atoms with Crippen LogP contribution in [0.4, 0.5) is 34.1 Å².